The molecule has 1 aromatic carbocycles. The molecule has 0 amide bonds. The lowest BCUT2D eigenvalue weighted by Crippen LogP contribution is -2.33. The molecule has 160 valence electrons. The standard InChI is InChI=1S/C18H27F3N4O2.HI/c1-4-22-17(24-14-5-6-15(26-2)16(9-14)27-3)23-10-13-7-8-25(11-13)12-18(19,20)21;/h5-6,9,13H,4,7-8,10-12H2,1-3H3,(H2,22,23,24);1H. The molecule has 1 aliphatic rings. The first-order valence-electron chi connectivity index (χ1n) is 8.91. The van der Waals surface area contributed by atoms with E-state index in [0.29, 0.717) is 43.6 Å². The Morgan fingerprint density at radius 1 is 1.25 bits per heavy atom. The fraction of sp³-hybridized carbons (Fsp3) is 0.611. The van der Waals surface area contributed by atoms with Crippen LogP contribution in [0.1, 0.15) is 13.3 Å². The molecule has 0 aliphatic carbocycles. The third-order valence-corrected chi connectivity index (χ3v) is 4.27. The summed E-state index contributed by atoms with van der Waals surface area (Å²) in [5, 5.41) is 6.33. The third-order valence-electron chi connectivity index (χ3n) is 4.27. The van der Waals surface area contributed by atoms with Crippen molar-refractivity contribution in [3.63, 3.8) is 0 Å². The van der Waals surface area contributed by atoms with Gasteiger partial charge in [0.05, 0.1) is 20.8 Å². The Balaban J connectivity index is 0.00000392. The van der Waals surface area contributed by atoms with Crippen LogP contribution in [0.3, 0.4) is 0 Å². The van der Waals surface area contributed by atoms with Crippen LogP contribution >= 0.6 is 24.0 Å². The predicted octanol–water partition coefficient (Wildman–Crippen LogP) is 3.58. The highest BCUT2D eigenvalue weighted by Gasteiger charge is 2.34. The summed E-state index contributed by atoms with van der Waals surface area (Å²) in [6, 6.07) is 5.43. The molecule has 1 aliphatic heterocycles. The third kappa shape index (κ3) is 7.90. The van der Waals surface area contributed by atoms with E-state index in [1.807, 2.05) is 13.0 Å². The molecule has 0 spiro atoms. The molecule has 1 fully saturated rings. The van der Waals surface area contributed by atoms with Crippen molar-refractivity contribution in [3.05, 3.63) is 18.2 Å². The summed E-state index contributed by atoms with van der Waals surface area (Å²) in [5.41, 5.74) is 0.775. The number of guanidine groups is 1. The summed E-state index contributed by atoms with van der Waals surface area (Å²) in [7, 11) is 3.13. The van der Waals surface area contributed by atoms with Gasteiger partial charge in [-0.2, -0.15) is 13.2 Å². The molecule has 1 aromatic rings. The second kappa shape index (κ2) is 11.5. The molecule has 2 rings (SSSR count). The molecule has 1 atom stereocenters. The van der Waals surface area contributed by atoms with Crippen LogP contribution in [0.4, 0.5) is 18.9 Å². The molecular weight excluding hydrogens is 488 g/mol. The summed E-state index contributed by atoms with van der Waals surface area (Å²) >= 11 is 0. The summed E-state index contributed by atoms with van der Waals surface area (Å²) < 4.78 is 48.0. The van der Waals surface area contributed by atoms with E-state index >= 15 is 0 Å². The van der Waals surface area contributed by atoms with Crippen LogP contribution in [-0.2, 0) is 0 Å². The highest BCUT2D eigenvalue weighted by molar-refractivity contribution is 14.0. The van der Waals surface area contributed by atoms with Crippen molar-refractivity contribution in [2.24, 2.45) is 10.9 Å². The lowest BCUT2D eigenvalue weighted by atomic mass is 10.1. The first-order chi connectivity index (χ1) is 12.8. The number of aliphatic imine (C=N–C) groups is 1. The molecule has 28 heavy (non-hydrogen) atoms. The van der Waals surface area contributed by atoms with Crippen molar-refractivity contribution in [1.29, 1.82) is 0 Å². The van der Waals surface area contributed by atoms with Gasteiger partial charge in [-0.3, -0.25) is 9.89 Å². The molecule has 1 heterocycles. The van der Waals surface area contributed by atoms with E-state index in [-0.39, 0.29) is 29.9 Å². The summed E-state index contributed by atoms with van der Waals surface area (Å²) in [6.07, 6.45) is -3.43. The average Bonchev–Trinajstić information content (AvgIpc) is 3.05. The number of hydrogen-bond donors (Lipinski definition) is 2. The van der Waals surface area contributed by atoms with Crippen molar-refractivity contribution in [2.75, 3.05) is 52.3 Å². The maximum Gasteiger partial charge on any atom is 0.401 e. The Kier molecular flexibility index (Phi) is 10.1. The topological polar surface area (TPSA) is 58.1 Å². The molecule has 1 saturated heterocycles. The lowest BCUT2D eigenvalue weighted by Gasteiger charge is -2.17. The number of nitrogens with zero attached hydrogens (tertiary/aromatic N) is 2. The number of ether oxygens (including phenoxy) is 2. The van der Waals surface area contributed by atoms with E-state index < -0.39 is 12.7 Å². The Hall–Kier alpha value is -1.43. The zero-order valence-corrected chi connectivity index (χ0v) is 18.6. The number of rotatable bonds is 7. The van der Waals surface area contributed by atoms with Gasteiger partial charge in [-0.15, -0.1) is 24.0 Å². The van der Waals surface area contributed by atoms with Crippen LogP contribution in [0.2, 0.25) is 0 Å². The van der Waals surface area contributed by atoms with Gasteiger partial charge in [0, 0.05) is 31.4 Å². The van der Waals surface area contributed by atoms with E-state index in [4.69, 9.17) is 9.47 Å². The minimum atomic E-state index is -4.15. The monoisotopic (exact) mass is 516 g/mol. The van der Waals surface area contributed by atoms with Gasteiger partial charge in [0.25, 0.3) is 0 Å². The first-order valence-corrected chi connectivity index (χ1v) is 8.91. The lowest BCUT2D eigenvalue weighted by molar-refractivity contribution is -0.143. The molecule has 0 bridgehead atoms. The number of halogens is 4. The van der Waals surface area contributed by atoms with Gasteiger partial charge in [-0.05, 0) is 37.9 Å². The normalized spacial score (nSPS) is 17.8. The summed E-state index contributed by atoms with van der Waals surface area (Å²) in [6.45, 7) is 3.11. The molecule has 2 N–H and O–H groups in total. The van der Waals surface area contributed by atoms with E-state index in [0.717, 1.165) is 12.1 Å². The average molecular weight is 516 g/mol. The van der Waals surface area contributed by atoms with Crippen LogP contribution in [-0.4, -0.2) is 64.0 Å². The highest BCUT2D eigenvalue weighted by Crippen LogP contribution is 2.29. The first kappa shape index (κ1) is 24.6. The summed E-state index contributed by atoms with van der Waals surface area (Å²) in [4.78, 5) is 5.97. The van der Waals surface area contributed by atoms with Crippen LogP contribution in [0.25, 0.3) is 0 Å². The number of alkyl halides is 3. The number of benzene rings is 1. The van der Waals surface area contributed by atoms with Gasteiger partial charge < -0.3 is 20.1 Å². The van der Waals surface area contributed by atoms with Crippen molar-refractivity contribution >= 4 is 35.6 Å². The number of hydrogen-bond acceptors (Lipinski definition) is 4. The fourth-order valence-corrected chi connectivity index (χ4v) is 3.04. The van der Waals surface area contributed by atoms with Crippen LogP contribution in [0.5, 0.6) is 11.5 Å². The van der Waals surface area contributed by atoms with Crippen molar-refractivity contribution in [1.82, 2.24) is 10.2 Å². The number of methoxy groups -OCH3 is 2. The number of anilines is 1. The van der Waals surface area contributed by atoms with Crippen LogP contribution in [0.15, 0.2) is 23.2 Å². The van der Waals surface area contributed by atoms with E-state index in [2.05, 4.69) is 15.6 Å². The molecule has 10 heteroatoms. The number of nitrogens with one attached hydrogen (secondary N) is 2. The molecular formula is C18H28F3IN4O2. The molecule has 0 saturated carbocycles. The smallest absolute Gasteiger partial charge is 0.401 e. The zero-order chi connectivity index (χ0) is 19.9. The second-order valence-corrected chi connectivity index (χ2v) is 6.42. The Morgan fingerprint density at radius 2 is 1.96 bits per heavy atom. The van der Waals surface area contributed by atoms with Gasteiger partial charge in [-0.25, -0.2) is 0 Å². The van der Waals surface area contributed by atoms with E-state index in [1.165, 1.54) is 4.90 Å². The minimum Gasteiger partial charge on any atom is -0.493 e. The highest BCUT2D eigenvalue weighted by atomic mass is 127. The molecule has 0 radical (unpaired) electrons. The van der Waals surface area contributed by atoms with Crippen LogP contribution < -0.4 is 20.1 Å². The quantitative estimate of drug-likeness (QED) is 0.330. The Labute approximate surface area is 180 Å². The van der Waals surface area contributed by atoms with E-state index in [1.54, 1.807) is 26.4 Å². The molecule has 0 aromatic heterocycles. The minimum absolute atomic E-state index is 0. The number of likely N-dealkylation sites (tertiary alicyclic amines) is 1. The van der Waals surface area contributed by atoms with Gasteiger partial charge in [0.1, 0.15) is 0 Å². The van der Waals surface area contributed by atoms with Gasteiger partial charge in [-0.1, -0.05) is 0 Å². The fourth-order valence-electron chi connectivity index (χ4n) is 3.04. The maximum absolute atomic E-state index is 12.5. The molecule has 1 unspecified atom stereocenters. The van der Waals surface area contributed by atoms with Crippen molar-refractivity contribution in [2.45, 2.75) is 19.5 Å². The second-order valence-electron chi connectivity index (χ2n) is 6.42. The summed E-state index contributed by atoms with van der Waals surface area (Å²) in [5.74, 6) is 1.92. The largest absolute Gasteiger partial charge is 0.493 e. The van der Waals surface area contributed by atoms with Crippen molar-refractivity contribution < 1.29 is 22.6 Å². The Bertz CT molecular complexity index is 644. The zero-order valence-electron chi connectivity index (χ0n) is 16.3. The van der Waals surface area contributed by atoms with Crippen LogP contribution in [0, 0.1) is 5.92 Å². The Morgan fingerprint density at radius 3 is 2.57 bits per heavy atom. The SMILES string of the molecule is CCNC(=NCC1CCN(CC(F)(F)F)C1)Nc1ccc(OC)c(OC)c1.I. The maximum atomic E-state index is 12.5. The van der Waals surface area contributed by atoms with Gasteiger partial charge in [0.15, 0.2) is 17.5 Å². The van der Waals surface area contributed by atoms with Gasteiger partial charge in [0.2, 0.25) is 0 Å². The van der Waals surface area contributed by atoms with E-state index in [9.17, 15) is 13.2 Å². The molecule has 6 nitrogen and oxygen atoms in total. The van der Waals surface area contributed by atoms with Gasteiger partial charge >= 0.3 is 6.18 Å². The predicted molar refractivity (Wildman–Crippen MR) is 115 cm³/mol. The van der Waals surface area contributed by atoms with Crippen molar-refractivity contribution in [3.8, 4) is 11.5 Å².